The standard InChI is InChI=1S/C17H15ClN2O/c18-14-3-4-16-12(7-14)5-6-20(17(16)21)15-8-13(9-19-10-15)11-1-2-11/h3-4,7-11H,1-2,5-6H2. The Morgan fingerprint density at radius 2 is 2.05 bits per heavy atom. The van der Waals surface area contributed by atoms with E-state index in [1.807, 2.05) is 23.2 Å². The molecule has 0 bridgehead atoms. The molecule has 0 saturated heterocycles. The van der Waals surface area contributed by atoms with E-state index in [0.29, 0.717) is 17.5 Å². The molecule has 1 aliphatic carbocycles. The van der Waals surface area contributed by atoms with Crippen LogP contribution < -0.4 is 4.90 Å². The summed E-state index contributed by atoms with van der Waals surface area (Å²) in [6, 6.07) is 7.61. The van der Waals surface area contributed by atoms with Crippen LogP contribution in [-0.2, 0) is 6.42 Å². The van der Waals surface area contributed by atoms with Crippen molar-refractivity contribution in [3.63, 3.8) is 0 Å². The minimum Gasteiger partial charge on any atom is -0.306 e. The topological polar surface area (TPSA) is 33.2 Å². The lowest BCUT2D eigenvalue weighted by Gasteiger charge is -2.28. The zero-order valence-electron chi connectivity index (χ0n) is 11.6. The second-order valence-electron chi connectivity index (χ2n) is 5.76. The van der Waals surface area contributed by atoms with Gasteiger partial charge >= 0.3 is 0 Å². The van der Waals surface area contributed by atoms with E-state index < -0.39 is 0 Å². The zero-order chi connectivity index (χ0) is 14.4. The summed E-state index contributed by atoms with van der Waals surface area (Å²) in [4.78, 5) is 18.8. The van der Waals surface area contributed by atoms with E-state index in [1.54, 1.807) is 12.3 Å². The van der Waals surface area contributed by atoms with Gasteiger partial charge in [-0.05, 0) is 60.6 Å². The minimum atomic E-state index is 0.0441. The molecule has 3 nitrogen and oxygen atoms in total. The number of anilines is 1. The molecule has 4 heteroatoms. The lowest BCUT2D eigenvalue weighted by Crippen LogP contribution is -2.37. The molecule has 4 rings (SSSR count). The van der Waals surface area contributed by atoms with Gasteiger partial charge in [0.15, 0.2) is 0 Å². The number of fused-ring (bicyclic) bond motifs is 1. The molecule has 0 spiro atoms. The number of halogens is 1. The first kappa shape index (κ1) is 12.8. The fraction of sp³-hybridized carbons (Fsp3) is 0.294. The molecule has 2 aliphatic rings. The van der Waals surface area contributed by atoms with Gasteiger partial charge in [-0.15, -0.1) is 0 Å². The van der Waals surface area contributed by atoms with Crippen LogP contribution in [0.4, 0.5) is 5.69 Å². The predicted molar refractivity (Wildman–Crippen MR) is 83.0 cm³/mol. The van der Waals surface area contributed by atoms with Crippen molar-refractivity contribution in [1.82, 2.24) is 4.98 Å². The summed E-state index contributed by atoms with van der Waals surface area (Å²) in [5.74, 6) is 0.686. The highest BCUT2D eigenvalue weighted by Crippen LogP contribution is 2.40. The molecular weight excluding hydrogens is 284 g/mol. The van der Waals surface area contributed by atoms with E-state index in [1.165, 1.54) is 18.4 Å². The maximum atomic E-state index is 12.7. The van der Waals surface area contributed by atoms with Crippen LogP contribution in [0, 0.1) is 0 Å². The molecule has 1 fully saturated rings. The molecule has 2 aromatic rings. The van der Waals surface area contributed by atoms with Crippen molar-refractivity contribution < 1.29 is 4.79 Å². The third-order valence-electron chi connectivity index (χ3n) is 4.25. The monoisotopic (exact) mass is 298 g/mol. The van der Waals surface area contributed by atoms with E-state index >= 15 is 0 Å². The smallest absolute Gasteiger partial charge is 0.258 e. The lowest BCUT2D eigenvalue weighted by atomic mass is 9.98. The first-order valence-corrected chi connectivity index (χ1v) is 7.65. The predicted octanol–water partition coefficient (Wildman–Crippen LogP) is 3.82. The first-order valence-electron chi connectivity index (χ1n) is 7.27. The molecule has 106 valence electrons. The molecule has 2 heterocycles. The van der Waals surface area contributed by atoms with Gasteiger partial charge in [0.25, 0.3) is 5.91 Å². The summed E-state index contributed by atoms with van der Waals surface area (Å²) >= 11 is 6.01. The second-order valence-corrected chi connectivity index (χ2v) is 6.20. The zero-order valence-corrected chi connectivity index (χ0v) is 12.3. The molecule has 0 unspecified atom stereocenters. The molecule has 1 amide bonds. The number of hydrogen-bond acceptors (Lipinski definition) is 2. The summed E-state index contributed by atoms with van der Waals surface area (Å²) in [7, 11) is 0. The number of rotatable bonds is 2. The third kappa shape index (κ3) is 2.32. The third-order valence-corrected chi connectivity index (χ3v) is 4.49. The largest absolute Gasteiger partial charge is 0.306 e. The normalized spacial score (nSPS) is 17.8. The van der Waals surface area contributed by atoms with E-state index in [4.69, 9.17) is 11.6 Å². The quantitative estimate of drug-likeness (QED) is 0.844. The van der Waals surface area contributed by atoms with Crippen LogP contribution in [-0.4, -0.2) is 17.4 Å². The Morgan fingerprint density at radius 1 is 1.19 bits per heavy atom. The van der Waals surface area contributed by atoms with Crippen molar-refractivity contribution >= 4 is 23.2 Å². The molecule has 1 aromatic carbocycles. The van der Waals surface area contributed by atoms with Gasteiger partial charge in [-0.1, -0.05) is 11.6 Å². The van der Waals surface area contributed by atoms with Gasteiger partial charge in [0.1, 0.15) is 0 Å². The van der Waals surface area contributed by atoms with E-state index in [9.17, 15) is 4.79 Å². The minimum absolute atomic E-state index is 0.0441. The summed E-state index contributed by atoms with van der Waals surface area (Å²) in [6.07, 6.45) is 7.00. The van der Waals surface area contributed by atoms with Gasteiger partial charge in [0.05, 0.1) is 11.9 Å². The van der Waals surface area contributed by atoms with Gasteiger partial charge in [0.2, 0.25) is 0 Å². The van der Waals surface area contributed by atoms with Crippen molar-refractivity contribution in [1.29, 1.82) is 0 Å². The van der Waals surface area contributed by atoms with Crippen LogP contribution >= 0.6 is 11.6 Å². The van der Waals surface area contributed by atoms with Crippen LogP contribution in [0.25, 0.3) is 0 Å². The number of carbonyl (C=O) groups excluding carboxylic acids is 1. The summed E-state index contributed by atoms with van der Waals surface area (Å²) in [5, 5.41) is 0.687. The lowest BCUT2D eigenvalue weighted by molar-refractivity contribution is 0.0980. The van der Waals surface area contributed by atoms with Gasteiger partial charge in [0, 0.05) is 23.3 Å². The van der Waals surface area contributed by atoms with E-state index in [2.05, 4.69) is 11.1 Å². The Balaban J connectivity index is 1.69. The number of aromatic nitrogens is 1. The van der Waals surface area contributed by atoms with Crippen molar-refractivity contribution in [2.45, 2.75) is 25.2 Å². The molecular formula is C17H15ClN2O. The van der Waals surface area contributed by atoms with Crippen molar-refractivity contribution in [3.05, 3.63) is 58.4 Å². The highest BCUT2D eigenvalue weighted by molar-refractivity contribution is 6.30. The summed E-state index contributed by atoms with van der Waals surface area (Å²) in [5.41, 5.74) is 3.95. The average Bonchev–Trinajstić information content (AvgIpc) is 3.32. The Kier molecular flexibility index (Phi) is 2.96. The van der Waals surface area contributed by atoms with Gasteiger partial charge in [-0.25, -0.2) is 0 Å². The molecule has 0 N–H and O–H groups in total. The Morgan fingerprint density at radius 3 is 2.86 bits per heavy atom. The van der Waals surface area contributed by atoms with Crippen molar-refractivity contribution in [3.8, 4) is 0 Å². The van der Waals surface area contributed by atoms with Crippen molar-refractivity contribution in [2.75, 3.05) is 11.4 Å². The van der Waals surface area contributed by atoms with E-state index in [-0.39, 0.29) is 5.91 Å². The fourth-order valence-electron chi connectivity index (χ4n) is 2.94. The number of pyridine rings is 1. The first-order chi connectivity index (χ1) is 10.2. The number of benzene rings is 1. The molecule has 1 aliphatic heterocycles. The second kappa shape index (κ2) is 4.85. The van der Waals surface area contributed by atoms with Gasteiger partial charge in [-0.3, -0.25) is 9.78 Å². The van der Waals surface area contributed by atoms with E-state index in [0.717, 1.165) is 23.2 Å². The van der Waals surface area contributed by atoms with Gasteiger partial charge < -0.3 is 4.90 Å². The summed E-state index contributed by atoms with van der Waals surface area (Å²) < 4.78 is 0. The number of nitrogens with zero attached hydrogens (tertiary/aromatic N) is 2. The number of amides is 1. The summed E-state index contributed by atoms with van der Waals surface area (Å²) in [6.45, 7) is 0.683. The van der Waals surface area contributed by atoms with Crippen LogP contribution in [0.1, 0.15) is 40.2 Å². The van der Waals surface area contributed by atoms with Gasteiger partial charge in [-0.2, -0.15) is 0 Å². The number of hydrogen-bond donors (Lipinski definition) is 0. The molecule has 0 atom stereocenters. The Hall–Kier alpha value is -1.87. The van der Waals surface area contributed by atoms with Crippen LogP contribution in [0.2, 0.25) is 5.02 Å². The fourth-order valence-corrected chi connectivity index (χ4v) is 3.13. The number of carbonyl (C=O) groups is 1. The molecule has 0 radical (unpaired) electrons. The Labute approximate surface area is 128 Å². The highest BCUT2D eigenvalue weighted by Gasteiger charge is 2.28. The molecule has 21 heavy (non-hydrogen) atoms. The molecule has 1 saturated carbocycles. The highest BCUT2D eigenvalue weighted by atomic mass is 35.5. The van der Waals surface area contributed by atoms with Crippen LogP contribution in [0.15, 0.2) is 36.7 Å². The molecule has 1 aromatic heterocycles. The SMILES string of the molecule is O=C1c2ccc(Cl)cc2CCN1c1cncc(C2CC2)c1. The van der Waals surface area contributed by atoms with Crippen molar-refractivity contribution in [2.24, 2.45) is 0 Å². The average molecular weight is 299 g/mol. The van der Waals surface area contributed by atoms with Crippen LogP contribution in [0.5, 0.6) is 0 Å². The maximum Gasteiger partial charge on any atom is 0.258 e. The van der Waals surface area contributed by atoms with Crippen LogP contribution in [0.3, 0.4) is 0 Å². The maximum absolute atomic E-state index is 12.7. The Bertz CT molecular complexity index is 724.